The van der Waals surface area contributed by atoms with Gasteiger partial charge in [-0.05, 0) is 18.2 Å². The van der Waals surface area contributed by atoms with Crippen LogP contribution in [-0.2, 0) is 4.74 Å². The molecule has 0 bridgehead atoms. The van der Waals surface area contributed by atoms with Gasteiger partial charge in [-0.15, -0.1) is 0 Å². The molecule has 100 valence electrons. The first kappa shape index (κ1) is 13.5. The van der Waals surface area contributed by atoms with Crippen LogP contribution in [0.25, 0.3) is 0 Å². The smallest absolute Gasteiger partial charge is 0.404 e. The zero-order valence-electron chi connectivity index (χ0n) is 10.3. The van der Waals surface area contributed by atoms with E-state index in [4.69, 9.17) is 27.3 Å². The monoisotopic (exact) mass is 279 g/mol. The topological polar surface area (TPSA) is 79.3 Å². The van der Waals surface area contributed by atoms with E-state index in [-0.39, 0.29) is 6.10 Å². The highest BCUT2D eigenvalue weighted by molar-refractivity contribution is 6.32. The number of rotatable bonds is 2. The van der Waals surface area contributed by atoms with Crippen molar-refractivity contribution in [1.29, 1.82) is 5.26 Å². The predicted molar refractivity (Wildman–Crippen MR) is 72.1 cm³/mol. The first-order valence-electron chi connectivity index (χ1n) is 6.01. The summed E-state index contributed by atoms with van der Waals surface area (Å²) in [6.07, 6.45) is 0.642. The van der Waals surface area contributed by atoms with Crippen molar-refractivity contribution in [2.24, 2.45) is 5.73 Å². The van der Waals surface area contributed by atoms with Crippen molar-refractivity contribution in [2.75, 3.05) is 18.0 Å². The normalized spacial score (nSPS) is 15.9. The second kappa shape index (κ2) is 5.81. The number of nitrogens with two attached hydrogens (primary N) is 1. The van der Waals surface area contributed by atoms with E-state index in [1.54, 1.807) is 12.1 Å². The van der Waals surface area contributed by atoms with Gasteiger partial charge in [-0.2, -0.15) is 5.26 Å². The number of piperidine rings is 1. The summed E-state index contributed by atoms with van der Waals surface area (Å²) in [4.78, 5) is 12.8. The van der Waals surface area contributed by atoms with Crippen molar-refractivity contribution in [3.05, 3.63) is 28.8 Å². The molecule has 2 rings (SSSR count). The van der Waals surface area contributed by atoms with E-state index < -0.39 is 6.09 Å². The lowest BCUT2D eigenvalue weighted by molar-refractivity contribution is 0.0912. The number of nitrogens with zero attached hydrogens (tertiary/aromatic N) is 2. The molecule has 6 heteroatoms. The number of hydrogen-bond donors (Lipinski definition) is 1. The number of nitriles is 1. The van der Waals surface area contributed by atoms with E-state index in [9.17, 15) is 4.79 Å². The molecule has 0 aliphatic carbocycles. The fraction of sp³-hybridized carbons (Fsp3) is 0.385. The number of carbonyl (C=O) groups excluding carboxylic acids is 1. The molecule has 1 saturated heterocycles. The Bertz CT molecular complexity index is 519. The molecule has 1 amide bonds. The van der Waals surface area contributed by atoms with Crippen LogP contribution in [0, 0.1) is 11.3 Å². The number of benzene rings is 1. The summed E-state index contributed by atoms with van der Waals surface area (Å²) in [6, 6.07) is 7.41. The Kier molecular flexibility index (Phi) is 4.13. The van der Waals surface area contributed by atoms with Gasteiger partial charge in [0.05, 0.1) is 10.6 Å². The molecule has 1 aromatic carbocycles. The number of ether oxygens (including phenoxy) is 1. The number of halogens is 1. The molecule has 0 unspecified atom stereocenters. The maximum atomic E-state index is 10.7. The van der Waals surface area contributed by atoms with Gasteiger partial charge in [-0.3, -0.25) is 0 Å². The Balaban J connectivity index is 2.00. The maximum absolute atomic E-state index is 10.7. The molecule has 0 aromatic heterocycles. The van der Waals surface area contributed by atoms with E-state index >= 15 is 0 Å². The first-order valence-corrected chi connectivity index (χ1v) is 6.38. The Hall–Kier alpha value is -1.93. The minimum Gasteiger partial charge on any atom is -0.446 e. The van der Waals surface area contributed by atoms with Gasteiger partial charge >= 0.3 is 6.09 Å². The highest BCUT2D eigenvalue weighted by Crippen LogP contribution is 2.26. The van der Waals surface area contributed by atoms with Crippen LogP contribution in [0.3, 0.4) is 0 Å². The molecule has 1 aliphatic heterocycles. The SMILES string of the molecule is N#Cc1ccc(N2CCC(OC(N)=O)CC2)cc1Cl. The zero-order chi connectivity index (χ0) is 13.8. The molecule has 2 N–H and O–H groups in total. The third-order valence-electron chi connectivity index (χ3n) is 3.16. The highest BCUT2D eigenvalue weighted by Gasteiger charge is 2.22. The number of amides is 1. The average Bonchev–Trinajstić information content (AvgIpc) is 2.39. The standard InChI is InChI=1S/C13H14ClN3O2/c14-12-7-10(2-1-9(12)8-15)17-5-3-11(4-6-17)19-13(16)18/h1-2,7,11H,3-6H2,(H2,16,18). The van der Waals surface area contributed by atoms with Crippen LogP contribution in [-0.4, -0.2) is 25.3 Å². The van der Waals surface area contributed by atoms with Gasteiger partial charge in [0.25, 0.3) is 0 Å². The van der Waals surface area contributed by atoms with Gasteiger partial charge in [0.15, 0.2) is 0 Å². The van der Waals surface area contributed by atoms with Gasteiger partial charge in [0.2, 0.25) is 0 Å². The Morgan fingerprint density at radius 3 is 2.68 bits per heavy atom. The lowest BCUT2D eigenvalue weighted by atomic mass is 10.1. The quantitative estimate of drug-likeness (QED) is 0.901. The van der Waals surface area contributed by atoms with Crippen LogP contribution < -0.4 is 10.6 Å². The predicted octanol–water partition coefficient (Wildman–Crippen LogP) is 2.28. The number of primary amides is 1. The molecule has 0 saturated carbocycles. The summed E-state index contributed by atoms with van der Waals surface area (Å²) < 4.78 is 4.98. The Morgan fingerprint density at radius 2 is 2.16 bits per heavy atom. The zero-order valence-corrected chi connectivity index (χ0v) is 11.1. The maximum Gasteiger partial charge on any atom is 0.404 e. The van der Waals surface area contributed by atoms with Crippen molar-refractivity contribution in [3.63, 3.8) is 0 Å². The molecule has 0 spiro atoms. The van der Waals surface area contributed by atoms with Gasteiger partial charge in [-0.25, -0.2) is 4.79 Å². The number of hydrogen-bond acceptors (Lipinski definition) is 4. The van der Waals surface area contributed by atoms with Crippen molar-refractivity contribution in [1.82, 2.24) is 0 Å². The summed E-state index contributed by atoms with van der Waals surface area (Å²) in [6.45, 7) is 1.53. The molecule has 5 nitrogen and oxygen atoms in total. The van der Waals surface area contributed by atoms with E-state index in [1.807, 2.05) is 12.1 Å². The van der Waals surface area contributed by atoms with E-state index in [0.717, 1.165) is 31.6 Å². The van der Waals surface area contributed by atoms with Crippen LogP contribution in [0.2, 0.25) is 5.02 Å². The van der Waals surface area contributed by atoms with Crippen molar-refractivity contribution >= 4 is 23.4 Å². The summed E-state index contributed by atoms with van der Waals surface area (Å²) in [5.41, 5.74) is 6.44. The fourth-order valence-electron chi connectivity index (χ4n) is 2.19. The van der Waals surface area contributed by atoms with Gasteiger partial charge in [-0.1, -0.05) is 11.6 Å². The van der Waals surface area contributed by atoms with Crippen LogP contribution in [0.1, 0.15) is 18.4 Å². The van der Waals surface area contributed by atoms with Crippen molar-refractivity contribution < 1.29 is 9.53 Å². The molecule has 0 radical (unpaired) electrons. The minimum atomic E-state index is -0.722. The highest BCUT2D eigenvalue weighted by atomic mass is 35.5. The van der Waals surface area contributed by atoms with E-state index in [1.165, 1.54) is 0 Å². The van der Waals surface area contributed by atoms with Crippen LogP contribution in [0.5, 0.6) is 0 Å². The molecule has 1 fully saturated rings. The van der Waals surface area contributed by atoms with Crippen molar-refractivity contribution in [2.45, 2.75) is 18.9 Å². The van der Waals surface area contributed by atoms with Crippen molar-refractivity contribution in [3.8, 4) is 6.07 Å². The lowest BCUT2D eigenvalue weighted by Crippen LogP contribution is -2.38. The van der Waals surface area contributed by atoms with E-state index in [2.05, 4.69) is 4.90 Å². The average molecular weight is 280 g/mol. The minimum absolute atomic E-state index is 0.109. The molecular weight excluding hydrogens is 266 g/mol. The van der Waals surface area contributed by atoms with Crippen LogP contribution in [0.15, 0.2) is 18.2 Å². The van der Waals surface area contributed by atoms with Gasteiger partial charge < -0.3 is 15.4 Å². The summed E-state index contributed by atoms with van der Waals surface area (Å²) in [5.74, 6) is 0. The summed E-state index contributed by atoms with van der Waals surface area (Å²) >= 11 is 6.01. The first-order chi connectivity index (χ1) is 9.10. The largest absolute Gasteiger partial charge is 0.446 e. The third-order valence-corrected chi connectivity index (χ3v) is 3.48. The number of carbonyl (C=O) groups is 1. The number of anilines is 1. The lowest BCUT2D eigenvalue weighted by Gasteiger charge is -2.33. The fourth-order valence-corrected chi connectivity index (χ4v) is 2.40. The molecule has 1 aliphatic rings. The molecule has 19 heavy (non-hydrogen) atoms. The molecule has 1 heterocycles. The molecule has 0 atom stereocenters. The van der Waals surface area contributed by atoms with E-state index in [0.29, 0.717) is 10.6 Å². The summed E-state index contributed by atoms with van der Waals surface area (Å²) in [7, 11) is 0. The molecular formula is C13H14ClN3O2. The Labute approximate surface area is 116 Å². The third kappa shape index (κ3) is 3.30. The molecule has 1 aromatic rings. The van der Waals surface area contributed by atoms with Crippen LogP contribution >= 0.6 is 11.6 Å². The van der Waals surface area contributed by atoms with Crippen LogP contribution in [0.4, 0.5) is 10.5 Å². The second-order valence-corrected chi connectivity index (χ2v) is 4.81. The Morgan fingerprint density at radius 1 is 1.47 bits per heavy atom. The summed E-state index contributed by atoms with van der Waals surface area (Å²) in [5, 5.41) is 9.28. The van der Waals surface area contributed by atoms with Gasteiger partial charge in [0.1, 0.15) is 12.2 Å². The van der Waals surface area contributed by atoms with Gasteiger partial charge in [0, 0.05) is 31.6 Å². The second-order valence-electron chi connectivity index (χ2n) is 4.40.